The van der Waals surface area contributed by atoms with Crippen molar-refractivity contribution in [3.05, 3.63) is 63.6 Å². The Hall–Kier alpha value is -1.03. The second kappa shape index (κ2) is 6.42. The molecule has 0 saturated carbocycles. The first kappa shape index (κ1) is 14.4. The molecule has 0 aliphatic heterocycles. The van der Waals surface area contributed by atoms with Crippen LogP contribution in [0.5, 0.6) is 5.75 Å². The third kappa shape index (κ3) is 3.72. The Morgan fingerprint density at radius 3 is 2.53 bits per heavy atom. The highest BCUT2D eigenvalue weighted by Gasteiger charge is 2.20. The van der Waals surface area contributed by atoms with E-state index < -0.39 is 0 Å². The van der Waals surface area contributed by atoms with Gasteiger partial charge in [-0.3, -0.25) is 0 Å². The molecular formula is C15H15BrClNO. The third-order valence-corrected chi connectivity index (χ3v) is 3.71. The summed E-state index contributed by atoms with van der Waals surface area (Å²) in [4.78, 5) is 0. The van der Waals surface area contributed by atoms with E-state index in [1.165, 1.54) is 0 Å². The van der Waals surface area contributed by atoms with Gasteiger partial charge in [0.25, 0.3) is 0 Å². The van der Waals surface area contributed by atoms with Crippen LogP contribution in [-0.4, -0.2) is 6.04 Å². The van der Waals surface area contributed by atoms with Crippen LogP contribution in [0.4, 0.5) is 0 Å². The van der Waals surface area contributed by atoms with Crippen LogP contribution in [0, 0.1) is 0 Å². The predicted molar refractivity (Wildman–Crippen MR) is 82.6 cm³/mol. The average Bonchev–Trinajstić information content (AvgIpc) is 2.37. The van der Waals surface area contributed by atoms with Crippen LogP contribution < -0.4 is 10.5 Å². The van der Waals surface area contributed by atoms with Crippen LogP contribution in [0.25, 0.3) is 0 Å². The quantitative estimate of drug-likeness (QED) is 0.885. The fraction of sp³-hybridized carbons (Fsp3) is 0.200. The van der Waals surface area contributed by atoms with Gasteiger partial charge >= 0.3 is 0 Å². The third-order valence-electron chi connectivity index (χ3n) is 2.75. The van der Waals surface area contributed by atoms with Crippen LogP contribution >= 0.6 is 27.5 Å². The van der Waals surface area contributed by atoms with Gasteiger partial charge in [0.15, 0.2) is 0 Å². The number of hydrogen-bond donors (Lipinski definition) is 1. The van der Waals surface area contributed by atoms with Gasteiger partial charge in [0.1, 0.15) is 11.9 Å². The van der Waals surface area contributed by atoms with Crippen molar-refractivity contribution < 1.29 is 4.74 Å². The van der Waals surface area contributed by atoms with Crippen molar-refractivity contribution in [3.63, 3.8) is 0 Å². The lowest BCUT2D eigenvalue weighted by atomic mass is 10.0. The van der Waals surface area contributed by atoms with Crippen molar-refractivity contribution >= 4 is 27.5 Å². The Bertz CT molecular complexity index is 559. The molecule has 2 atom stereocenters. The van der Waals surface area contributed by atoms with Crippen LogP contribution in [0.1, 0.15) is 18.6 Å². The Labute approximate surface area is 126 Å². The van der Waals surface area contributed by atoms with Gasteiger partial charge in [-0.05, 0) is 31.2 Å². The highest BCUT2D eigenvalue weighted by Crippen LogP contribution is 2.30. The fourth-order valence-corrected chi connectivity index (χ4v) is 2.54. The van der Waals surface area contributed by atoms with E-state index >= 15 is 0 Å². The molecule has 2 rings (SSSR count). The molecule has 2 nitrogen and oxygen atoms in total. The van der Waals surface area contributed by atoms with E-state index in [2.05, 4.69) is 15.9 Å². The monoisotopic (exact) mass is 339 g/mol. The zero-order valence-electron chi connectivity index (χ0n) is 10.5. The number of hydrogen-bond acceptors (Lipinski definition) is 2. The molecular weight excluding hydrogens is 326 g/mol. The van der Waals surface area contributed by atoms with Crippen molar-refractivity contribution in [1.82, 2.24) is 0 Å². The maximum absolute atomic E-state index is 6.04. The minimum Gasteiger partial charge on any atom is -0.484 e. The molecule has 0 aliphatic rings. The topological polar surface area (TPSA) is 35.2 Å². The molecule has 2 N–H and O–H groups in total. The lowest BCUT2D eigenvalue weighted by Crippen LogP contribution is -2.29. The fourth-order valence-electron chi connectivity index (χ4n) is 1.85. The zero-order valence-corrected chi connectivity index (χ0v) is 12.9. The summed E-state index contributed by atoms with van der Waals surface area (Å²) in [7, 11) is 0. The summed E-state index contributed by atoms with van der Waals surface area (Å²) in [6, 6.07) is 15.1. The van der Waals surface area contributed by atoms with Gasteiger partial charge in [-0.15, -0.1) is 0 Å². The van der Waals surface area contributed by atoms with Crippen molar-refractivity contribution in [1.29, 1.82) is 0 Å². The van der Waals surface area contributed by atoms with E-state index in [-0.39, 0.29) is 12.1 Å². The summed E-state index contributed by atoms with van der Waals surface area (Å²) in [5, 5.41) is 0.646. The second-order valence-corrected chi connectivity index (χ2v) is 5.67. The Morgan fingerprint density at radius 1 is 1.16 bits per heavy atom. The minimum atomic E-state index is -0.228. The van der Waals surface area contributed by atoms with Crippen LogP contribution in [0.2, 0.25) is 5.02 Å². The number of benzene rings is 2. The lowest BCUT2D eigenvalue weighted by Gasteiger charge is -2.24. The largest absolute Gasteiger partial charge is 0.484 e. The molecule has 0 saturated heterocycles. The molecule has 0 heterocycles. The molecule has 19 heavy (non-hydrogen) atoms. The summed E-state index contributed by atoms with van der Waals surface area (Å²) < 4.78 is 6.97. The van der Waals surface area contributed by atoms with E-state index in [1.807, 2.05) is 49.4 Å². The van der Waals surface area contributed by atoms with E-state index in [4.69, 9.17) is 22.1 Å². The van der Waals surface area contributed by atoms with Crippen LogP contribution in [0.3, 0.4) is 0 Å². The van der Waals surface area contributed by atoms with E-state index in [0.29, 0.717) is 10.8 Å². The van der Waals surface area contributed by atoms with Crippen LogP contribution in [-0.2, 0) is 0 Å². The Morgan fingerprint density at radius 2 is 1.89 bits per heavy atom. The van der Waals surface area contributed by atoms with E-state index in [0.717, 1.165) is 10.0 Å². The molecule has 0 fully saturated rings. The maximum atomic E-state index is 6.04. The Balaban J connectivity index is 2.29. The van der Waals surface area contributed by atoms with Crippen molar-refractivity contribution in [3.8, 4) is 5.75 Å². The molecule has 4 heteroatoms. The standard InChI is InChI=1S/C15H15BrClNO/c1-10(18)15(13-7-2-3-8-14(13)16)19-12-6-4-5-11(17)9-12/h2-10,15H,18H2,1H3. The van der Waals surface area contributed by atoms with Gasteiger partial charge < -0.3 is 10.5 Å². The van der Waals surface area contributed by atoms with Crippen molar-refractivity contribution in [2.75, 3.05) is 0 Å². The van der Waals surface area contributed by atoms with Crippen molar-refractivity contribution in [2.24, 2.45) is 5.73 Å². The van der Waals surface area contributed by atoms with E-state index in [9.17, 15) is 0 Å². The SMILES string of the molecule is CC(N)C(Oc1cccc(Cl)c1)c1ccccc1Br. The molecule has 2 unspecified atom stereocenters. The zero-order chi connectivity index (χ0) is 13.8. The van der Waals surface area contributed by atoms with Gasteiger partial charge in [0.2, 0.25) is 0 Å². The molecule has 0 radical (unpaired) electrons. The van der Waals surface area contributed by atoms with Gasteiger partial charge in [0.05, 0.1) is 0 Å². The number of halogens is 2. The Kier molecular flexibility index (Phi) is 4.86. The summed E-state index contributed by atoms with van der Waals surface area (Å²) in [6.45, 7) is 1.93. The molecule has 0 aromatic heterocycles. The highest BCUT2D eigenvalue weighted by molar-refractivity contribution is 9.10. The lowest BCUT2D eigenvalue weighted by molar-refractivity contribution is 0.180. The molecule has 0 aliphatic carbocycles. The normalized spacial score (nSPS) is 13.9. The molecule has 2 aromatic rings. The number of rotatable bonds is 4. The predicted octanol–water partition coefficient (Wildman–Crippen LogP) is 4.57. The van der Waals surface area contributed by atoms with Gasteiger partial charge in [-0.25, -0.2) is 0 Å². The first-order valence-corrected chi connectivity index (χ1v) is 7.17. The average molecular weight is 341 g/mol. The maximum Gasteiger partial charge on any atom is 0.140 e. The number of ether oxygens (including phenoxy) is 1. The molecule has 0 amide bonds. The summed E-state index contributed by atoms with van der Waals surface area (Å²) in [5.74, 6) is 0.713. The minimum absolute atomic E-state index is 0.141. The second-order valence-electron chi connectivity index (χ2n) is 4.38. The van der Waals surface area contributed by atoms with Gasteiger partial charge in [-0.1, -0.05) is 51.8 Å². The summed E-state index contributed by atoms with van der Waals surface area (Å²) in [5.41, 5.74) is 7.07. The number of nitrogens with two attached hydrogens (primary N) is 1. The first-order valence-electron chi connectivity index (χ1n) is 6.00. The van der Waals surface area contributed by atoms with Gasteiger partial charge in [0, 0.05) is 21.1 Å². The van der Waals surface area contributed by atoms with Crippen LogP contribution in [0.15, 0.2) is 53.0 Å². The highest BCUT2D eigenvalue weighted by atomic mass is 79.9. The smallest absolute Gasteiger partial charge is 0.140 e. The molecule has 100 valence electrons. The molecule has 2 aromatic carbocycles. The van der Waals surface area contributed by atoms with E-state index in [1.54, 1.807) is 6.07 Å². The first-order chi connectivity index (χ1) is 9.08. The summed E-state index contributed by atoms with van der Waals surface area (Å²) >= 11 is 9.50. The molecule has 0 bridgehead atoms. The van der Waals surface area contributed by atoms with Crippen molar-refractivity contribution in [2.45, 2.75) is 19.1 Å². The molecule has 0 spiro atoms. The summed E-state index contributed by atoms with van der Waals surface area (Å²) in [6.07, 6.45) is -0.228. The van der Waals surface area contributed by atoms with Gasteiger partial charge in [-0.2, -0.15) is 0 Å².